The molecule has 0 spiro atoms. The number of amides is 1. The van der Waals surface area contributed by atoms with Gasteiger partial charge in [-0.3, -0.25) is 0 Å². The van der Waals surface area contributed by atoms with E-state index in [2.05, 4.69) is 5.48 Å². The number of nitrogens with one attached hydrogen (secondary N) is 1. The van der Waals surface area contributed by atoms with Gasteiger partial charge in [0.1, 0.15) is 5.60 Å². The maximum absolute atomic E-state index is 11.8. The number of likely N-dealkylation sites (tertiary alicyclic amines) is 1. The molecule has 1 rings (SSSR count). The first-order valence-corrected chi connectivity index (χ1v) is 5.77. The van der Waals surface area contributed by atoms with Crippen molar-refractivity contribution in [3.05, 3.63) is 0 Å². The fraction of sp³-hybridized carbons (Fsp3) is 0.909. The number of hydroxylamine groups is 1. The van der Waals surface area contributed by atoms with Crippen LogP contribution in [0.1, 0.15) is 35.0 Å². The first kappa shape index (κ1) is 13.3. The average Bonchev–Trinajstić information content (AvgIpc) is 2.16. The third-order valence-electron chi connectivity index (χ3n) is 2.55. The van der Waals surface area contributed by atoms with Crippen molar-refractivity contribution in [3.8, 4) is 0 Å². The van der Waals surface area contributed by atoms with Crippen LogP contribution in [0.15, 0.2) is 0 Å². The molecule has 5 nitrogen and oxygen atoms in total. The van der Waals surface area contributed by atoms with Gasteiger partial charge in [-0.05, 0) is 39.5 Å². The first-order chi connectivity index (χ1) is 7.42. The first-order valence-electron chi connectivity index (χ1n) is 5.77. The summed E-state index contributed by atoms with van der Waals surface area (Å²) >= 11 is 0. The quantitative estimate of drug-likeness (QED) is 0.713. The summed E-state index contributed by atoms with van der Waals surface area (Å²) in [5.41, 5.74) is 1.72. The standard InChI is InChI=1S/C11H22N2O3.H2/c1-11(2,3)16-10(14)13-6-4-5-9(8-13)7-12-15;/h9,12,15H,4-8H2,1-3H3;1H. The molecule has 0 saturated carbocycles. The molecular formula is C11H24N2O3. The number of piperidine rings is 1. The molecule has 1 atom stereocenters. The summed E-state index contributed by atoms with van der Waals surface area (Å²) in [5, 5.41) is 8.65. The van der Waals surface area contributed by atoms with Crippen LogP contribution >= 0.6 is 0 Å². The highest BCUT2D eigenvalue weighted by atomic mass is 16.6. The maximum Gasteiger partial charge on any atom is 0.410 e. The fourth-order valence-corrected chi connectivity index (χ4v) is 1.85. The largest absolute Gasteiger partial charge is 0.444 e. The molecule has 0 aromatic carbocycles. The van der Waals surface area contributed by atoms with E-state index in [1.54, 1.807) is 4.90 Å². The van der Waals surface area contributed by atoms with Gasteiger partial charge in [-0.25, -0.2) is 10.3 Å². The molecule has 1 amide bonds. The molecule has 1 aliphatic rings. The predicted octanol–water partition coefficient (Wildman–Crippen LogP) is 1.86. The van der Waals surface area contributed by atoms with E-state index in [0.29, 0.717) is 19.0 Å². The van der Waals surface area contributed by atoms with E-state index in [1.807, 2.05) is 20.8 Å². The summed E-state index contributed by atoms with van der Waals surface area (Å²) in [6.07, 6.45) is 1.74. The van der Waals surface area contributed by atoms with Crippen LogP contribution in [0, 0.1) is 5.92 Å². The van der Waals surface area contributed by atoms with Crippen LogP contribution < -0.4 is 5.48 Å². The third kappa shape index (κ3) is 4.37. The second kappa shape index (κ2) is 5.50. The van der Waals surface area contributed by atoms with E-state index in [0.717, 1.165) is 19.4 Å². The van der Waals surface area contributed by atoms with Crippen LogP contribution in [-0.2, 0) is 4.74 Å². The zero-order valence-electron chi connectivity index (χ0n) is 10.3. The van der Waals surface area contributed by atoms with Gasteiger partial charge in [0, 0.05) is 21.1 Å². The smallest absolute Gasteiger partial charge is 0.410 e. The number of carbonyl (C=O) groups is 1. The molecule has 1 aliphatic heterocycles. The lowest BCUT2D eigenvalue weighted by molar-refractivity contribution is 0.0142. The monoisotopic (exact) mass is 232 g/mol. The number of rotatable bonds is 2. The molecule has 1 heterocycles. The van der Waals surface area contributed by atoms with E-state index in [1.165, 1.54) is 0 Å². The average molecular weight is 232 g/mol. The summed E-state index contributed by atoms with van der Waals surface area (Å²) in [6.45, 7) is 7.52. The highest BCUT2D eigenvalue weighted by Crippen LogP contribution is 2.18. The Hall–Kier alpha value is -0.810. The second-order valence-electron chi connectivity index (χ2n) is 5.30. The highest BCUT2D eigenvalue weighted by molar-refractivity contribution is 5.68. The Morgan fingerprint density at radius 3 is 2.88 bits per heavy atom. The van der Waals surface area contributed by atoms with E-state index in [-0.39, 0.29) is 7.52 Å². The Bertz CT molecular complexity index is 241. The molecule has 0 bridgehead atoms. The van der Waals surface area contributed by atoms with Crippen LogP contribution in [0.25, 0.3) is 0 Å². The number of nitrogens with zero attached hydrogens (tertiary/aromatic N) is 1. The van der Waals surface area contributed by atoms with Crippen molar-refractivity contribution < 1.29 is 16.2 Å². The van der Waals surface area contributed by atoms with Gasteiger partial charge in [0.2, 0.25) is 0 Å². The maximum atomic E-state index is 11.8. The summed E-state index contributed by atoms with van der Waals surface area (Å²) in [5.74, 6) is 0.311. The molecule has 1 unspecified atom stereocenters. The minimum Gasteiger partial charge on any atom is -0.444 e. The summed E-state index contributed by atoms with van der Waals surface area (Å²) in [4.78, 5) is 13.5. The number of ether oxygens (including phenoxy) is 1. The van der Waals surface area contributed by atoms with Crippen molar-refractivity contribution in [3.63, 3.8) is 0 Å². The molecule has 16 heavy (non-hydrogen) atoms. The molecule has 0 aromatic heterocycles. The summed E-state index contributed by atoms with van der Waals surface area (Å²) < 4.78 is 5.31. The Morgan fingerprint density at radius 2 is 2.31 bits per heavy atom. The number of carbonyl (C=O) groups excluding carboxylic acids is 1. The molecule has 0 radical (unpaired) electrons. The van der Waals surface area contributed by atoms with Gasteiger partial charge < -0.3 is 14.8 Å². The molecule has 2 N–H and O–H groups in total. The minimum atomic E-state index is -0.445. The van der Waals surface area contributed by atoms with Crippen molar-refractivity contribution >= 4 is 6.09 Å². The zero-order valence-corrected chi connectivity index (χ0v) is 10.3. The highest BCUT2D eigenvalue weighted by Gasteiger charge is 2.27. The molecular weight excluding hydrogens is 208 g/mol. The van der Waals surface area contributed by atoms with Crippen LogP contribution in [0.5, 0.6) is 0 Å². The summed E-state index contributed by atoms with van der Waals surface area (Å²) in [7, 11) is 0. The van der Waals surface area contributed by atoms with E-state index in [9.17, 15) is 4.79 Å². The van der Waals surface area contributed by atoms with Crippen molar-refractivity contribution in [2.75, 3.05) is 19.6 Å². The Balaban J connectivity index is 0.00000256. The fourth-order valence-electron chi connectivity index (χ4n) is 1.85. The van der Waals surface area contributed by atoms with Crippen molar-refractivity contribution in [2.24, 2.45) is 5.92 Å². The molecule has 1 saturated heterocycles. The molecule has 1 fully saturated rings. The van der Waals surface area contributed by atoms with Crippen LogP contribution in [0.3, 0.4) is 0 Å². The lowest BCUT2D eigenvalue weighted by atomic mass is 9.99. The van der Waals surface area contributed by atoms with E-state index >= 15 is 0 Å². The zero-order chi connectivity index (χ0) is 12.2. The van der Waals surface area contributed by atoms with Gasteiger partial charge in [-0.2, -0.15) is 0 Å². The second-order valence-corrected chi connectivity index (χ2v) is 5.30. The van der Waals surface area contributed by atoms with Gasteiger partial charge in [-0.15, -0.1) is 0 Å². The SMILES string of the molecule is CC(C)(C)OC(=O)N1CCCC(CNO)C1.[HH]. The lowest BCUT2D eigenvalue weighted by Crippen LogP contribution is -2.44. The number of hydrogen-bond donors (Lipinski definition) is 2. The van der Waals surface area contributed by atoms with Crippen LogP contribution in [-0.4, -0.2) is 41.4 Å². The summed E-state index contributed by atoms with van der Waals surface area (Å²) in [6, 6.07) is 0. The van der Waals surface area contributed by atoms with Gasteiger partial charge in [-0.1, -0.05) is 0 Å². The van der Waals surface area contributed by atoms with Crippen LogP contribution in [0.4, 0.5) is 4.79 Å². The minimum absolute atomic E-state index is 0. The van der Waals surface area contributed by atoms with Crippen molar-refractivity contribution in [1.29, 1.82) is 0 Å². The normalized spacial score (nSPS) is 22.0. The number of hydrogen-bond acceptors (Lipinski definition) is 4. The lowest BCUT2D eigenvalue weighted by Gasteiger charge is -2.33. The van der Waals surface area contributed by atoms with Crippen molar-refractivity contribution in [2.45, 2.75) is 39.2 Å². The molecule has 0 aliphatic carbocycles. The molecule has 5 heteroatoms. The van der Waals surface area contributed by atoms with Gasteiger partial charge in [0.15, 0.2) is 0 Å². The van der Waals surface area contributed by atoms with Crippen LogP contribution in [0.2, 0.25) is 0 Å². The predicted molar refractivity (Wildman–Crippen MR) is 62.4 cm³/mol. The topological polar surface area (TPSA) is 61.8 Å². The van der Waals surface area contributed by atoms with Crippen molar-refractivity contribution in [1.82, 2.24) is 10.4 Å². The Labute approximate surface area is 98.2 Å². The molecule has 0 aromatic rings. The third-order valence-corrected chi connectivity index (χ3v) is 2.55. The Morgan fingerprint density at radius 1 is 1.62 bits per heavy atom. The Kier molecular flexibility index (Phi) is 4.56. The van der Waals surface area contributed by atoms with Gasteiger partial charge in [0.25, 0.3) is 0 Å². The van der Waals surface area contributed by atoms with E-state index in [4.69, 9.17) is 9.94 Å². The van der Waals surface area contributed by atoms with E-state index < -0.39 is 5.60 Å². The van der Waals surface area contributed by atoms with Gasteiger partial charge in [0.05, 0.1) is 0 Å². The van der Waals surface area contributed by atoms with Gasteiger partial charge >= 0.3 is 6.09 Å². The molecule has 96 valence electrons.